The number of carbonyl (C=O) groups is 2. The van der Waals surface area contributed by atoms with Gasteiger partial charge in [-0.2, -0.15) is 0 Å². The Kier molecular flexibility index (Phi) is 7.76. The molecule has 9 nitrogen and oxygen atoms in total. The number of fused-ring (bicyclic) bond motifs is 1. The van der Waals surface area contributed by atoms with Gasteiger partial charge in [-0.1, -0.05) is 6.08 Å². The molecule has 0 radical (unpaired) electrons. The van der Waals surface area contributed by atoms with Crippen LogP contribution in [0.15, 0.2) is 82.9 Å². The van der Waals surface area contributed by atoms with Gasteiger partial charge in [0.2, 0.25) is 5.75 Å². The number of rotatable bonds is 10. The molecule has 1 aliphatic heterocycles. The maximum atomic E-state index is 13.9. The van der Waals surface area contributed by atoms with E-state index in [2.05, 4.69) is 0 Å². The van der Waals surface area contributed by atoms with Gasteiger partial charge >= 0.3 is 5.97 Å². The number of hydrogen-bond donors (Lipinski definition) is 1. The Morgan fingerprint density at radius 1 is 1.00 bits per heavy atom. The number of benzene rings is 2. The van der Waals surface area contributed by atoms with E-state index < -0.39 is 11.8 Å². The minimum atomic E-state index is -1.24. The number of ether oxygens (including phenoxy) is 3. The van der Waals surface area contributed by atoms with Crippen LogP contribution < -0.4 is 19.1 Å². The molecule has 2 aliphatic rings. The summed E-state index contributed by atoms with van der Waals surface area (Å²) < 4.78 is 16.3. The molecule has 2 aromatic carbocycles. The smallest absolute Gasteiger partial charge is 0.336 e. The van der Waals surface area contributed by atoms with Crippen molar-refractivity contribution in [1.29, 1.82) is 0 Å². The minimum absolute atomic E-state index is 0.00677. The molecule has 1 N–H and O–H groups in total. The standard InChI is InChI=1S/C29H29NO8/c1-30(2)21-10-8-18(9-11-21)27(31)22(12-17-13-24(34-3)28(36-5)25(14-17)35-4)26(29(32)33)19-6-7-20-16-37-38-23(20)15-19/h6,8-11,13-16H,7,12H2,1-5H3,(H,32,33). The van der Waals surface area contributed by atoms with Crippen LogP contribution >= 0.6 is 0 Å². The lowest BCUT2D eigenvalue weighted by Crippen LogP contribution is -2.17. The summed E-state index contributed by atoms with van der Waals surface area (Å²) in [7, 11) is 8.28. The number of methoxy groups -OCH3 is 3. The third-order valence-corrected chi connectivity index (χ3v) is 6.30. The Hall–Kier alpha value is -4.66. The quantitative estimate of drug-likeness (QED) is 0.273. The number of ketones is 1. The molecule has 1 heterocycles. The molecule has 0 saturated heterocycles. The molecule has 0 saturated carbocycles. The molecule has 0 aromatic heterocycles. The summed E-state index contributed by atoms with van der Waals surface area (Å²) in [5.41, 5.74) is 3.00. The minimum Gasteiger partial charge on any atom is -0.493 e. The second-order valence-corrected chi connectivity index (χ2v) is 8.83. The number of Topliss-reactive ketones (excluding diaryl/α,β-unsaturated/α-hetero) is 1. The fourth-order valence-corrected chi connectivity index (χ4v) is 4.34. The van der Waals surface area contributed by atoms with E-state index in [1.165, 1.54) is 27.6 Å². The van der Waals surface area contributed by atoms with Gasteiger partial charge in [-0.25, -0.2) is 4.79 Å². The first kappa shape index (κ1) is 26.4. The number of carboxylic acid groups (broad SMARTS) is 1. The van der Waals surface area contributed by atoms with E-state index >= 15 is 0 Å². The van der Waals surface area contributed by atoms with Gasteiger partial charge < -0.3 is 24.2 Å². The molecule has 0 bridgehead atoms. The lowest BCUT2D eigenvalue weighted by atomic mass is 9.86. The fourth-order valence-electron chi connectivity index (χ4n) is 4.34. The predicted octanol–water partition coefficient (Wildman–Crippen LogP) is 4.64. The highest BCUT2D eigenvalue weighted by molar-refractivity contribution is 6.14. The van der Waals surface area contributed by atoms with Crippen LogP contribution in [-0.2, 0) is 21.0 Å². The fraction of sp³-hybridized carbons (Fsp3) is 0.241. The third kappa shape index (κ3) is 5.22. The summed E-state index contributed by atoms with van der Waals surface area (Å²) in [5, 5.41) is 10.4. The van der Waals surface area contributed by atoms with E-state index in [9.17, 15) is 14.7 Å². The number of carbonyl (C=O) groups excluding carboxylic acids is 1. The monoisotopic (exact) mass is 519 g/mol. The average molecular weight is 520 g/mol. The molecule has 0 spiro atoms. The lowest BCUT2D eigenvalue weighted by molar-refractivity contribution is -0.192. The summed E-state index contributed by atoms with van der Waals surface area (Å²) in [6, 6.07) is 10.4. The van der Waals surface area contributed by atoms with Crippen molar-refractivity contribution in [3.63, 3.8) is 0 Å². The third-order valence-electron chi connectivity index (χ3n) is 6.30. The zero-order valence-electron chi connectivity index (χ0n) is 21.9. The van der Waals surface area contributed by atoms with Crippen molar-refractivity contribution in [3.8, 4) is 17.2 Å². The van der Waals surface area contributed by atoms with Crippen LogP contribution in [0.4, 0.5) is 5.69 Å². The Morgan fingerprint density at radius 3 is 2.21 bits per heavy atom. The van der Waals surface area contributed by atoms with E-state index in [1.807, 2.05) is 31.1 Å². The molecular weight excluding hydrogens is 490 g/mol. The van der Waals surface area contributed by atoms with E-state index in [4.69, 9.17) is 24.0 Å². The average Bonchev–Trinajstić information content (AvgIpc) is 3.39. The zero-order valence-corrected chi connectivity index (χ0v) is 21.9. The second kappa shape index (κ2) is 11.2. The van der Waals surface area contributed by atoms with Crippen LogP contribution in [0.2, 0.25) is 0 Å². The van der Waals surface area contributed by atoms with Gasteiger partial charge in [0.05, 0.1) is 26.9 Å². The number of carboxylic acids is 1. The topological polar surface area (TPSA) is 104 Å². The summed E-state index contributed by atoms with van der Waals surface area (Å²) in [6.07, 6.45) is 5.18. The molecule has 198 valence electrons. The summed E-state index contributed by atoms with van der Waals surface area (Å²) >= 11 is 0. The normalized spacial score (nSPS) is 14.5. The van der Waals surface area contributed by atoms with E-state index in [0.29, 0.717) is 46.1 Å². The first-order valence-electron chi connectivity index (χ1n) is 11.8. The SMILES string of the molecule is COc1cc(CC(C(=O)c2ccc(N(C)C)cc2)=C(C(=O)O)C2=CCC3=COOC3=C2)cc(OC)c1OC. The molecule has 38 heavy (non-hydrogen) atoms. The van der Waals surface area contributed by atoms with E-state index in [0.717, 1.165) is 11.3 Å². The van der Waals surface area contributed by atoms with Crippen molar-refractivity contribution in [2.24, 2.45) is 0 Å². The van der Waals surface area contributed by atoms with Crippen LogP contribution in [0.5, 0.6) is 17.2 Å². The molecule has 0 fully saturated rings. The van der Waals surface area contributed by atoms with Crippen LogP contribution in [0.1, 0.15) is 22.3 Å². The summed E-state index contributed by atoms with van der Waals surface area (Å²) in [5.74, 6) is -0.0509. The van der Waals surface area contributed by atoms with Gasteiger partial charge in [-0.05, 0) is 60.0 Å². The van der Waals surface area contributed by atoms with Crippen molar-refractivity contribution >= 4 is 17.4 Å². The Bertz CT molecular complexity index is 1350. The van der Waals surface area contributed by atoms with Gasteiger partial charge in [-0.3, -0.25) is 14.6 Å². The molecule has 0 amide bonds. The van der Waals surface area contributed by atoms with Crippen molar-refractivity contribution in [3.05, 3.63) is 94.0 Å². The highest BCUT2D eigenvalue weighted by Crippen LogP contribution is 2.40. The van der Waals surface area contributed by atoms with Gasteiger partial charge in [0, 0.05) is 42.9 Å². The van der Waals surface area contributed by atoms with Gasteiger partial charge in [0.25, 0.3) is 0 Å². The molecule has 9 heteroatoms. The first-order valence-corrected chi connectivity index (χ1v) is 11.8. The highest BCUT2D eigenvalue weighted by atomic mass is 17.2. The number of aliphatic carboxylic acids is 1. The first-order chi connectivity index (χ1) is 18.3. The number of allylic oxidation sites excluding steroid dienone is 4. The summed E-state index contributed by atoms with van der Waals surface area (Å²) in [4.78, 5) is 38.6. The molecule has 2 aromatic rings. The van der Waals surface area contributed by atoms with Crippen molar-refractivity contribution in [2.45, 2.75) is 12.8 Å². The van der Waals surface area contributed by atoms with E-state index in [1.54, 1.807) is 36.4 Å². The van der Waals surface area contributed by atoms with Gasteiger partial charge in [0.1, 0.15) is 6.26 Å². The van der Waals surface area contributed by atoms with Crippen molar-refractivity contribution in [1.82, 2.24) is 0 Å². The zero-order chi connectivity index (χ0) is 27.4. The van der Waals surface area contributed by atoms with Crippen LogP contribution in [0.25, 0.3) is 0 Å². The van der Waals surface area contributed by atoms with Crippen LogP contribution in [-0.4, -0.2) is 52.3 Å². The van der Waals surface area contributed by atoms with Crippen molar-refractivity contribution in [2.75, 3.05) is 40.3 Å². The maximum Gasteiger partial charge on any atom is 0.336 e. The Morgan fingerprint density at radius 2 is 1.66 bits per heavy atom. The number of anilines is 1. The van der Waals surface area contributed by atoms with Crippen LogP contribution in [0.3, 0.4) is 0 Å². The van der Waals surface area contributed by atoms with Gasteiger partial charge in [0.15, 0.2) is 23.0 Å². The Balaban J connectivity index is 1.88. The number of hydrogen-bond acceptors (Lipinski definition) is 8. The highest BCUT2D eigenvalue weighted by Gasteiger charge is 2.29. The van der Waals surface area contributed by atoms with Gasteiger partial charge in [-0.15, -0.1) is 0 Å². The molecular formula is C29H29NO8. The summed E-state index contributed by atoms with van der Waals surface area (Å²) in [6.45, 7) is 0. The number of nitrogens with zero attached hydrogens (tertiary/aromatic N) is 1. The van der Waals surface area contributed by atoms with Crippen LogP contribution in [0, 0.1) is 0 Å². The largest absolute Gasteiger partial charge is 0.493 e. The Labute approximate surface area is 220 Å². The van der Waals surface area contributed by atoms with Crippen molar-refractivity contribution < 1.29 is 38.7 Å². The molecule has 4 rings (SSSR count). The second-order valence-electron chi connectivity index (χ2n) is 8.83. The molecule has 0 unspecified atom stereocenters. The molecule has 0 atom stereocenters. The lowest BCUT2D eigenvalue weighted by Gasteiger charge is -2.18. The van der Waals surface area contributed by atoms with E-state index in [-0.39, 0.29) is 17.6 Å². The molecule has 1 aliphatic carbocycles. The maximum absolute atomic E-state index is 13.9. The predicted molar refractivity (Wildman–Crippen MR) is 141 cm³/mol.